The predicted molar refractivity (Wildman–Crippen MR) is 114 cm³/mol. The van der Waals surface area contributed by atoms with Crippen molar-refractivity contribution in [3.05, 3.63) is 35.8 Å². The van der Waals surface area contributed by atoms with Gasteiger partial charge in [-0.05, 0) is 31.9 Å². The molecule has 11 nitrogen and oxygen atoms in total. The van der Waals surface area contributed by atoms with Crippen LogP contribution in [-0.2, 0) is 20.7 Å². The molecule has 3 aliphatic heterocycles. The van der Waals surface area contributed by atoms with Crippen LogP contribution in [-0.4, -0.2) is 58.3 Å². The molecule has 4 amide bonds. The van der Waals surface area contributed by atoms with Crippen molar-refractivity contribution in [1.82, 2.24) is 25.8 Å². The Balaban J connectivity index is 1.60. The van der Waals surface area contributed by atoms with Crippen LogP contribution >= 0.6 is 0 Å². The van der Waals surface area contributed by atoms with Gasteiger partial charge in [0, 0.05) is 30.2 Å². The third kappa shape index (κ3) is 2.59. The van der Waals surface area contributed by atoms with E-state index in [0.29, 0.717) is 30.1 Å². The lowest BCUT2D eigenvalue weighted by Crippen LogP contribution is -2.74. The number of hydrogen-bond acceptors (Lipinski definition) is 9. The van der Waals surface area contributed by atoms with Crippen LogP contribution in [0.25, 0.3) is 22.4 Å². The summed E-state index contributed by atoms with van der Waals surface area (Å²) in [5, 5.41) is 9.55. The predicted octanol–water partition coefficient (Wildman–Crippen LogP) is 1.10. The number of nitrogens with one attached hydrogen (secondary N) is 2. The number of barbiturate groups is 1. The summed E-state index contributed by atoms with van der Waals surface area (Å²) in [6, 6.07) is 0.492. The van der Waals surface area contributed by atoms with Crippen molar-refractivity contribution in [3.63, 3.8) is 0 Å². The average molecular weight is 448 g/mol. The molecular weight excluding hydrogens is 428 g/mol. The maximum absolute atomic E-state index is 13.3. The van der Waals surface area contributed by atoms with Crippen LogP contribution in [0.5, 0.6) is 0 Å². The van der Waals surface area contributed by atoms with Gasteiger partial charge in [-0.2, -0.15) is 0 Å². The van der Waals surface area contributed by atoms with Gasteiger partial charge in [0.25, 0.3) is 0 Å². The van der Waals surface area contributed by atoms with Crippen LogP contribution in [0, 0.1) is 12.3 Å². The lowest BCUT2D eigenvalue weighted by molar-refractivity contribution is -0.151. The topological polar surface area (TPSA) is 140 Å². The first-order chi connectivity index (χ1) is 15.9. The molecular formula is C22H20N6O5. The van der Waals surface area contributed by atoms with Gasteiger partial charge in [0.1, 0.15) is 11.4 Å². The van der Waals surface area contributed by atoms with E-state index >= 15 is 0 Å². The molecule has 2 saturated heterocycles. The second-order valence-corrected chi connectivity index (χ2v) is 8.61. The SMILES string of the molecule is Cc1c2c(cc3c(-c4cnccn4)noc13)CC1(C(=O)NC(=O)NC1=O)[C@H]1[C@H](C)OCCN21. The number of anilines is 1. The first-order valence-electron chi connectivity index (χ1n) is 10.6. The van der Waals surface area contributed by atoms with Crippen LogP contribution in [0.3, 0.4) is 0 Å². The lowest BCUT2D eigenvalue weighted by Gasteiger charge is -2.54. The number of imide groups is 2. The van der Waals surface area contributed by atoms with Crippen molar-refractivity contribution in [2.45, 2.75) is 32.4 Å². The van der Waals surface area contributed by atoms with E-state index in [4.69, 9.17) is 9.26 Å². The molecule has 168 valence electrons. The Kier molecular flexibility index (Phi) is 4.09. The summed E-state index contributed by atoms with van der Waals surface area (Å²) in [6.07, 6.45) is 4.43. The van der Waals surface area contributed by atoms with Crippen LogP contribution in [0.2, 0.25) is 0 Å². The number of amides is 4. The van der Waals surface area contributed by atoms with E-state index in [0.717, 1.165) is 22.2 Å². The summed E-state index contributed by atoms with van der Waals surface area (Å²) in [6.45, 7) is 4.70. The number of urea groups is 1. The summed E-state index contributed by atoms with van der Waals surface area (Å²) < 4.78 is 11.6. The summed E-state index contributed by atoms with van der Waals surface area (Å²) in [4.78, 5) is 48.9. The number of fused-ring (bicyclic) bond motifs is 5. The van der Waals surface area contributed by atoms with Gasteiger partial charge in [-0.15, -0.1) is 0 Å². The third-order valence-electron chi connectivity index (χ3n) is 6.87. The Morgan fingerprint density at radius 2 is 1.97 bits per heavy atom. The van der Waals surface area contributed by atoms with Gasteiger partial charge in [-0.25, -0.2) is 4.79 Å². The van der Waals surface area contributed by atoms with Crippen molar-refractivity contribution >= 4 is 34.5 Å². The first-order valence-corrected chi connectivity index (χ1v) is 10.6. The van der Waals surface area contributed by atoms with Crippen LogP contribution in [0.15, 0.2) is 29.2 Å². The zero-order chi connectivity index (χ0) is 22.9. The monoisotopic (exact) mass is 448 g/mol. The quantitative estimate of drug-likeness (QED) is 0.524. The molecule has 2 atom stereocenters. The molecule has 1 aromatic carbocycles. The number of rotatable bonds is 1. The van der Waals surface area contributed by atoms with Crippen LogP contribution in [0.4, 0.5) is 10.5 Å². The number of ether oxygens (including phenoxy) is 1. The van der Waals surface area contributed by atoms with Gasteiger partial charge in [-0.1, -0.05) is 5.16 Å². The molecule has 2 fully saturated rings. The summed E-state index contributed by atoms with van der Waals surface area (Å²) in [5.41, 5.74) is 2.71. The summed E-state index contributed by atoms with van der Waals surface area (Å²) >= 11 is 0. The number of aryl methyl sites for hydroxylation is 1. The van der Waals surface area contributed by atoms with E-state index in [2.05, 4.69) is 25.8 Å². The molecule has 5 heterocycles. The van der Waals surface area contributed by atoms with E-state index in [1.165, 1.54) is 0 Å². The minimum absolute atomic E-state index is 0.101. The van der Waals surface area contributed by atoms with Crippen molar-refractivity contribution in [1.29, 1.82) is 0 Å². The molecule has 6 rings (SSSR count). The van der Waals surface area contributed by atoms with Gasteiger partial charge < -0.3 is 14.2 Å². The van der Waals surface area contributed by atoms with Crippen molar-refractivity contribution in [3.8, 4) is 11.4 Å². The number of morpholine rings is 1. The van der Waals surface area contributed by atoms with Crippen molar-refractivity contribution in [2.75, 3.05) is 18.1 Å². The van der Waals surface area contributed by atoms with Crippen molar-refractivity contribution in [2.24, 2.45) is 5.41 Å². The Hall–Kier alpha value is -3.86. The second kappa shape index (κ2) is 6.82. The summed E-state index contributed by atoms with van der Waals surface area (Å²) in [5.74, 6) is -1.24. The highest BCUT2D eigenvalue weighted by Gasteiger charge is 2.62. The first kappa shape index (κ1) is 19.8. The minimum Gasteiger partial charge on any atom is -0.374 e. The number of carbonyl (C=O) groups excluding carboxylic acids is 3. The van der Waals surface area contributed by atoms with Crippen LogP contribution in [0.1, 0.15) is 18.1 Å². The smallest absolute Gasteiger partial charge is 0.328 e. The molecule has 2 N–H and O–H groups in total. The fourth-order valence-electron chi connectivity index (χ4n) is 5.57. The molecule has 33 heavy (non-hydrogen) atoms. The van der Waals surface area contributed by atoms with E-state index in [1.54, 1.807) is 18.6 Å². The number of nitrogens with zero attached hydrogens (tertiary/aromatic N) is 4. The second-order valence-electron chi connectivity index (χ2n) is 8.61. The molecule has 0 unspecified atom stereocenters. The van der Waals surface area contributed by atoms with E-state index in [1.807, 2.05) is 24.8 Å². The highest BCUT2D eigenvalue weighted by molar-refractivity contribution is 6.20. The summed E-state index contributed by atoms with van der Waals surface area (Å²) in [7, 11) is 0. The zero-order valence-corrected chi connectivity index (χ0v) is 17.9. The van der Waals surface area contributed by atoms with E-state index in [9.17, 15) is 14.4 Å². The number of hydrogen-bond donors (Lipinski definition) is 2. The Morgan fingerprint density at radius 1 is 1.18 bits per heavy atom. The third-order valence-corrected chi connectivity index (χ3v) is 6.87. The number of aromatic nitrogens is 3. The number of benzene rings is 1. The molecule has 0 saturated carbocycles. The molecule has 0 bridgehead atoms. The fourth-order valence-corrected chi connectivity index (χ4v) is 5.57. The molecule has 2 aromatic heterocycles. The van der Waals surface area contributed by atoms with Gasteiger partial charge in [0.2, 0.25) is 11.8 Å². The normalized spacial score (nSPS) is 23.8. The highest BCUT2D eigenvalue weighted by atomic mass is 16.5. The highest BCUT2D eigenvalue weighted by Crippen LogP contribution is 2.49. The average Bonchev–Trinajstić information content (AvgIpc) is 3.22. The number of carbonyl (C=O) groups is 3. The van der Waals surface area contributed by atoms with E-state index in [-0.39, 0.29) is 6.42 Å². The fraction of sp³-hybridized carbons (Fsp3) is 0.364. The molecule has 3 aromatic rings. The van der Waals surface area contributed by atoms with Crippen LogP contribution < -0.4 is 15.5 Å². The molecule has 11 heteroatoms. The molecule has 3 aliphatic rings. The zero-order valence-electron chi connectivity index (χ0n) is 17.9. The van der Waals surface area contributed by atoms with Gasteiger partial charge in [-0.3, -0.25) is 30.2 Å². The minimum atomic E-state index is -1.52. The Bertz CT molecular complexity index is 1320. The maximum atomic E-state index is 13.3. The van der Waals surface area contributed by atoms with E-state index < -0.39 is 35.4 Å². The Morgan fingerprint density at radius 3 is 2.70 bits per heavy atom. The van der Waals surface area contributed by atoms with Gasteiger partial charge in [0.15, 0.2) is 11.0 Å². The van der Waals surface area contributed by atoms with Crippen molar-refractivity contribution < 1.29 is 23.6 Å². The van der Waals surface area contributed by atoms with Gasteiger partial charge >= 0.3 is 6.03 Å². The standard InChI is InChI=1S/C22H20N6O5/c1-10-16-12(7-13-15(27-33-17(10)13)14-9-23-3-4-24-14)8-22(18-11(2)32-6-5-28(16)18)19(29)25-21(31)26-20(22)30/h3-4,7,9,11,18H,5-6,8H2,1-2H3,(H2,25,26,29,30,31)/t11-,18+/m0/s1. The molecule has 0 radical (unpaired) electrons. The molecule has 0 aliphatic carbocycles. The lowest BCUT2D eigenvalue weighted by atomic mass is 9.66. The maximum Gasteiger partial charge on any atom is 0.328 e. The largest absolute Gasteiger partial charge is 0.374 e. The Labute approximate surface area is 187 Å². The van der Waals surface area contributed by atoms with Gasteiger partial charge in [0.05, 0.1) is 30.3 Å². The molecule has 1 spiro atoms.